The number of thioether (sulfide) groups is 1. The first-order valence-corrected chi connectivity index (χ1v) is 5.98. The molecular weight excluding hydrogens is 281 g/mol. The molecule has 0 spiro atoms. The van der Waals surface area contributed by atoms with Crippen molar-refractivity contribution in [2.75, 3.05) is 7.05 Å². The smallest absolute Gasteiger partial charge is 0.358 e. The summed E-state index contributed by atoms with van der Waals surface area (Å²) in [5, 5.41) is 10.9. The van der Waals surface area contributed by atoms with Crippen LogP contribution >= 0.6 is 11.8 Å². The van der Waals surface area contributed by atoms with E-state index in [4.69, 9.17) is 0 Å². The van der Waals surface area contributed by atoms with Gasteiger partial charge in [-0.3, -0.25) is 0 Å². The van der Waals surface area contributed by atoms with Crippen molar-refractivity contribution in [1.82, 2.24) is 4.90 Å². The van der Waals surface area contributed by atoms with Gasteiger partial charge in [-0.2, -0.15) is 13.2 Å². The van der Waals surface area contributed by atoms with Gasteiger partial charge in [-0.05, 0) is 22.6 Å². The normalized spacial score (nSPS) is 16.1. The Bertz CT molecular complexity index is 540. The zero-order chi connectivity index (χ0) is 14.2. The topological polar surface area (TPSA) is 46.4 Å². The molecule has 0 saturated carbocycles. The molecule has 0 fully saturated rings. The van der Waals surface area contributed by atoms with Crippen LogP contribution in [0.1, 0.15) is 11.1 Å². The SMILES string of the molecule is CN1[CH]SC(c2ccc(C(F)(F)F)cc2)=C1[N+](=O)[O-]. The molecule has 19 heavy (non-hydrogen) atoms. The molecule has 4 nitrogen and oxygen atoms in total. The lowest BCUT2D eigenvalue weighted by Crippen LogP contribution is -2.16. The summed E-state index contributed by atoms with van der Waals surface area (Å²) in [7, 11) is 1.52. The Kier molecular flexibility index (Phi) is 3.44. The number of hydrogen-bond donors (Lipinski definition) is 0. The fourth-order valence-corrected chi connectivity index (χ4v) is 2.57. The fourth-order valence-electron chi connectivity index (χ4n) is 1.61. The minimum absolute atomic E-state index is 0.134. The Labute approximate surface area is 111 Å². The van der Waals surface area contributed by atoms with Crippen LogP contribution in [0.25, 0.3) is 4.91 Å². The average molecular weight is 289 g/mol. The third-order valence-corrected chi connectivity index (χ3v) is 3.59. The van der Waals surface area contributed by atoms with E-state index < -0.39 is 16.7 Å². The second-order valence-corrected chi connectivity index (χ2v) is 4.67. The molecule has 1 aromatic carbocycles. The molecule has 2 rings (SSSR count). The number of rotatable bonds is 2. The monoisotopic (exact) mass is 289 g/mol. The molecule has 0 saturated heterocycles. The number of nitrogens with zero attached hydrogens (tertiary/aromatic N) is 2. The van der Waals surface area contributed by atoms with Gasteiger partial charge in [-0.25, -0.2) is 4.90 Å². The van der Waals surface area contributed by atoms with Crippen molar-refractivity contribution < 1.29 is 18.1 Å². The molecule has 1 radical (unpaired) electrons. The molecular formula is C11H8F3N2O2S. The molecule has 0 unspecified atom stereocenters. The van der Waals surface area contributed by atoms with Gasteiger partial charge in [0.05, 0.1) is 12.6 Å². The summed E-state index contributed by atoms with van der Waals surface area (Å²) in [6.07, 6.45) is -4.41. The summed E-state index contributed by atoms with van der Waals surface area (Å²) < 4.78 is 37.3. The lowest BCUT2D eigenvalue weighted by atomic mass is 10.1. The molecule has 8 heteroatoms. The molecule has 0 atom stereocenters. The van der Waals surface area contributed by atoms with Gasteiger partial charge in [0.1, 0.15) is 4.91 Å². The van der Waals surface area contributed by atoms with Gasteiger partial charge in [0.2, 0.25) is 0 Å². The van der Waals surface area contributed by atoms with E-state index in [9.17, 15) is 23.3 Å². The van der Waals surface area contributed by atoms with Gasteiger partial charge in [0, 0.05) is 0 Å². The zero-order valence-corrected chi connectivity index (χ0v) is 10.5. The van der Waals surface area contributed by atoms with Crippen LogP contribution in [0.3, 0.4) is 0 Å². The van der Waals surface area contributed by atoms with Crippen molar-refractivity contribution in [3.8, 4) is 0 Å². The molecule has 0 aromatic heterocycles. The predicted octanol–water partition coefficient (Wildman–Crippen LogP) is 3.41. The number of benzene rings is 1. The van der Waals surface area contributed by atoms with Crippen molar-refractivity contribution in [3.63, 3.8) is 0 Å². The van der Waals surface area contributed by atoms with Crippen molar-refractivity contribution in [2.24, 2.45) is 0 Å². The van der Waals surface area contributed by atoms with Crippen molar-refractivity contribution in [3.05, 3.63) is 57.2 Å². The molecule has 0 bridgehead atoms. The van der Waals surface area contributed by atoms with E-state index in [2.05, 4.69) is 0 Å². The highest BCUT2D eigenvalue weighted by Gasteiger charge is 2.34. The third-order valence-electron chi connectivity index (χ3n) is 2.51. The van der Waals surface area contributed by atoms with Crippen LogP contribution in [0.4, 0.5) is 13.2 Å². The molecule has 0 aliphatic carbocycles. The fraction of sp³-hybridized carbons (Fsp3) is 0.182. The minimum Gasteiger partial charge on any atom is -0.358 e. The summed E-state index contributed by atoms with van der Waals surface area (Å²) in [5.74, 6) is 1.40. The van der Waals surface area contributed by atoms with Crippen molar-refractivity contribution in [2.45, 2.75) is 6.18 Å². The van der Waals surface area contributed by atoms with Crippen LogP contribution in [-0.2, 0) is 6.18 Å². The average Bonchev–Trinajstić information content (AvgIpc) is 2.70. The number of nitro groups is 1. The van der Waals surface area contributed by atoms with Crippen molar-refractivity contribution in [1.29, 1.82) is 0 Å². The molecule has 0 N–H and O–H groups in total. The first-order valence-electron chi connectivity index (χ1n) is 5.10. The molecule has 1 aliphatic rings. The number of halogens is 3. The number of alkyl halides is 3. The van der Waals surface area contributed by atoms with Crippen molar-refractivity contribution >= 4 is 16.7 Å². The van der Waals surface area contributed by atoms with E-state index in [1.807, 2.05) is 0 Å². The Hall–Kier alpha value is -1.70. The first-order chi connectivity index (χ1) is 8.80. The molecule has 1 aromatic rings. The summed E-state index contributed by atoms with van der Waals surface area (Å²) in [6, 6.07) is 4.31. The van der Waals surface area contributed by atoms with Crippen LogP contribution in [0.15, 0.2) is 30.1 Å². The van der Waals surface area contributed by atoms with Crippen LogP contribution in [-0.4, -0.2) is 16.9 Å². The second-order valence-electron chi connectivity index (χ2n) is 3.82. The zero-order valence-electron chi connectivity index (χ0n) is 9.64. The standard InChI is InChI=1S/C11H8F3N2O2S/c1-15-6-19-9(10(15)16(17)18)7-2-4-8(5-3-7)11(12,13)14/h2-6H,1H3. The van der Waals surface area contributed by atoms with Gasteiger partial charge in [0.25, 0.3) is 0 Å². The second kappa shape index (κ2) is 4.76. The Morgan fingerprint density at radius 1 is 1.26 bits per heavy atom. The van der Waals surface area contributed by atoms with Crippen LogP contribution in [0.2, 0.25) is 0 Å². The van der Waals surface area contributed by atoms with Gasteiger partial charge >= 0.3 is 12.0 Å². The Morgan fingerprint density at radius 2 is 1.84 bits per heavy atom. The molecule has 1 heterocycles. The lowest BCUT2D eigenvalue weighted by molar-refractivity contribution is -0.441. The van der Waals surface area contributed by atoms with E-state index in [0.29, 0.717) is 10.5 Å². The first kappa shape index (κ1) is 13.7. The highest BCUT2D eigenvalue weighted by Crippen LogP contribution is 2.42. The van der Waals surface area contributed by atoms with Gasteiger partial charge < -0.3 is 10.1 Å². The Morgan fingerprint density at radius 3 is 2.32 bits per heavy atom. The maximum atomic E-state index is 12.4. The van der Waals surface area contributed by atoms with E-state index in [1.165, 1.54) is 30.0 Å². The van der Waals surface area contributed by atoms with E-state index in [1.54, 1.807) is 0 Å². The highest BCUT2D eigenvalue weighted by atomic mass is 32.2. The van der Waals surface area contributed by atoms with E-state index in [-0.39, 0.29) is 5.82 Å². The largest absolute Gasteiger partial charge is 0.416 e. The van der Waals surface area contributed by atoms with Gasteiger partial charge in [-0.1, -0.05) is 23.9 Å². The van der Waals surface area contributed by atoms with Gasteiger partial charge in [0.15, 0.2) is 5.88 Å². The summed E-state index contributed by atoms with van der Waals surface area (Å²) in [6.45, 7) is 0. The maximum absolute atomic E-state index is 12.4. The molecule has 0 amide bonds. The quantitative estimate of drug-likeness (QED) is 0.618. The lowest BCUT2D eigenvalue weighted by Gasteiger charge is -2.08. The van der Waals surface area contributed by atoms with Gasteiger partial charge in [-0.15, -0.1) is 0 Å². The Balaban J connectivity index is 2.40. The molecule has 101 valence electrons. The maximum Gasteiger partial charge on any atom is 0.416 e. The highest BCUT2D eigenvalue weighted by molar-refractivity contribution is 8.10. The summed E-state index contributed by atoms with van der Waals surface area (Å²) in [5.41, 5.74) is -0.384. The minimum atomic E-state index is -4.41. The summed E-state index contributed by atoms with van der Waals surface area (Å²) in [4.78, 5) is 12.0. The van der Waals surface area contributed by atoms with E-state index in [0.717, 1.165) is 23.9 Å². The van der Waals surface area contributed by atoms with Crippen LogP contribution in [0, 0.1) is 16.0 Å². The predicted molar refractivity (Wildman–Crippen MR) is 65.0 cm³/mol. The third kappa shape index (κ3) is 2.67. The summed E-state index contributed by atoms with van der Waals surface area (Å²) >= 11 is 1.11. The van der Waals surface area contributed by atoms with E-state index >= 15 is 0 Å². The van der Waals surface area contributed by atoms with Crippen LogP contribution in [0.5, 0.6) is 0 Å². The van der Waals surface area contributed by atoms with Crippen LogP contribution < -0.4 is 0 Å². The number of hydrogen-bond acceptors (Lipinski definition) is 4. The molecule has 1 aliphatic heterocycles.